The number of carboxylic acid groups (broad SMARTS) is 1. The third-order valence-electron chi connectivity index (χ3n) is 4.95. The van der Waals surface area contributed by atoms with Gasteiger partial charge in [-0.3, -0.25) is 4.79 Å². The van der Waals surface area contributed by atoms with Gasteiger partial charge < -0.3 is 15.3 Å². The molecule has 114 valence electrons. The van der Waals surface area contributed by atoms with Crippen LogP contribution in [-0.2, 0) is 4.79 Å². The van der Waals surface area contributed by atoms with Gasteiger partial charge in [-0.25, -0.2) is 4.79 Å². The van der Waals surface area contributed by atoms with E-state index in [9.17, 15) is 14.7 Å². The van der Waals surface area contributed by atoms with Crippen molar-refractivity contribution in [1.82, 2.24) is 10.2 Å². The smallest absolute Gasteiger partial charge is 0.317 e. The maximum atomic E-state index is 12.4. The van der Waals surface area contributed by atoms with Crippen LogP contribution in [0.5, 0.6) is 0 Å². The number of rotatable bonds is 4. The largest absolute Gasteiger partial charge is 0.481 e. The van der Waals surface area contributed by atoms with Crippen molar-refractivity contribution < 1.29 is 14.7 Å². The number of carboxylic acids is 1. The summed E-state index contributed by atoms with van der Waals surface area (Å²) in [5.41, 5.74) is -0.705. The van der Waals surface area contributed by atoms with E-state index in [4.69, 9.17) is 0 Å². The number of amides is 2. The minimum absolute atomic E-state index is 0.0775. The predicted octanol–water partition coefficient (Wildman–Crippen LogP) is 2.61. The van der Waals surface area contributed by atoms with Gasteiger partial charge in [-0.2, -0.15) is 0 Å². The van der Waals surface area contributed by atoms with Gasteiger partial charge in [0.05, 0.1) is 5.41 Å². The standard InChI is InChI=1S/C15H26N2O3/c1-2-12-7-4-3-5-10-17(12)14(20)16-11-15(13(18)19)8-6-9-15/h12H,2-11H2,1H3,(H,16,20)(H,18,19). The van der Waals surface area contributed by atoms with Gasteiger partial charge in [0.2, 0.25) is 0 Å². The molecule has 0 aromatic rings. The Labute approximate surface area is 120 Å². The number of urea groups is 1. The van der Waals surface area contributed by atoms with E-state index >= 15 is 0 Å². The lowest BCUT2D eigenvalue weighted by atomic mass is 9.69. The number of hydrogen-bond acceptors (Lipinski definition) is 2. The summed E-state index contributed by atoms with van der Waals surface area (Å²) in [4.78, 5) is 25.6. The fourth-order valence-corrected chi connectivity index (χ4v) is 3.29. The van der Waals surface area contributed by atoms with E-state index in [0.29, 0.717) is 18.9 Å². The summed E-state index contributed by atoms with van der Waals surface area (Å²) in [5.74, 6) is -0.771. The summed E-state index contributed by atoms with van der Waals surface area (Å²) in [6.45, 7) is 3.18. The van der Waals surface area contributed by atoms with E-state index < -0.39 is 11.4 Å². The molecule has 2 rings (SSSR count). The molecule has 0 radical (unpaired) electrons. The van der Waals surface area contributed by atoms with Crippen molar-refractivity contribution in [2.75, 3.05) is 13.1 Å². The molecule has 2 fully saturated rings. The molecule has 1 atom stereocenters. The molecule has 2 aliphatic rings. The van der Waals surface area contributed by atoms with E-state index in [1.165, 1.54) is 12.8 Å². The first-order valence-electron chi connectivity index (χ1n) is 7.87. The van der Waals surface area contributed by atoms with Crippen LogP contribution in [0.1, 0.15) is 58.3 Å². The average Bonchev–Trinajstić information content (AvgIpc) is 2.61. The summed E-state index contributed by atoms with van der Waals surface area (Å²) in [5, 5.41) is 12.2. The zero-order valence-electron chi connectivity index (χ0n) is 12.4. The van der Waals surface area contributed by atoms with Crippen LogP contribution in [0.15, 0.2) is 0 Å². The topological polar surface area (TPSA) is 69.6 Å². The summed E-state index contributed by atoms with van der Waals surface area (Å²) < 4.78 is 0. The fourth-order valence-electron chi connectivity index (χ4n) is 3.29. The average molecular weight is 282 g/mol. The van der Waals surface area contributed by atoms with Crippen molar-refractivity contribution in [2.24, 2.45) is 5.41 Å². The maximum absolute atomic E-state index is 12.4. The van der Waals surface area contributed by atoms with Gasteiger partial charge in [0.15, 0.2) is 0 Å². The van der Waals surface area contributed by atoms with Crippen LogP contribution in [0.3, 0.4) is 0 Å². The second kappa shape index (κ2) is 6.46. The van der Waals surface area contributed by atoms with E-state index in [-0.39, 0.29) is 12.6 Å². The molecule has 1 saturated carbocycles. The zero-order valence-corrected chi connectivity index (χ0v) is 12.4. The normalized spacial score (nSPS) is 25.4. The molecule has 5 heteroatoms. The molecule has 20 heavy (non-hydrogen) atoms. The summed E-state index contributed by atoms with van der Waals surface area (Å²) in [7, 11) is 0. The summed E-state index contributed by atoms with van der Waals surface area (Å²) in [6, 6.07) is 0.228. The first-order valence-corrected chi connectivity index (χ1v) is 7.87. The van der Waals surface area contributed by atoms with Gasteiger partial charge in [-0.15, -0.1) is 0 Å². The minimum Gasteiger partial charge on any atom is -0.481 e. The highest BCUT2D eigenvalue weighted by Gasteiger charge is 2.44. The molecular formula is C15H26N2O3. The lowest BCUT2D eigenvalue weighted by Gasteiger charge is -2.38. The van der Waals surface area contributed by atoms with Crippen molar-refractivity contribution in [1.29, 1.82) is 0 Å². The second-order valence-corrected chi connectivity index (χ2v) is 6.20. The quantitative estimate of drug-likeness (QED) is 0.832. The molecule has 0 aromatic carbocycles. The molecule has 0 aromatic heterocycles. The van der Waals surface area contributed by atoms with Crippen LogP contribution in [0.25, 0.3) is 0 Å². The Kier molecular flexibility index (Phi) is 4.89. The molecule has 1 aliphatic carbocycles. The molecule has 0 spiro atoms. The Morgan fingerprint density at radius 3 is 2.55 bits per heavy atom. The number of hydrogen-bond donors (Lipinski definition) is 2. The number of carbonyl (C=O) groups is 2. The SMILES string of the molecule is CCC1CCCCCN1C(=O)NCC1(C(=O)O)CCC1. The van der Waals surface area contributed by atoms with Crippen molar-refractivity contribution in [3.8, 4) is 0 Å². The summed E-state index contributed by atoms with van der Waals surface area (Å²) in [6.07, 6.45) is 7.75. The van der Waals surface area contributed by atoms with Gasteiger partial charge >= 0.3 is 12.0 Å². The molecular weight excluding hydrogens is 256 g/mol. The minimum atomic E-state index is -0.771. The molecule has 1 heterocycles. The molecule has 5 nitrogen and oxygen atoms in total. The van der Waals surface area contributed by atoms with Crippen LogP contribution in [0.4, 0.5) is 4.79 Å². The Balaban J connectivity index is 1.91. The highest BCUT2D eigenvalue weighted by molar-refractivity contribution is 5.79. The van der Waals surface area contributed by atoms with Gasteiger partial charge in [0, 0.05) is 19.1 Å². The van der Waals surface area contributed by atoms with E-state index in [1.54, 1.807) is 0 Å². The number of nitrogens with one attached hydrogen (secondary N) is 1. The maximum Gasteiger partial charge on any atom is 0.317 e. The monoisotopic (exact) mass is 282 g/mol. The van der Waals surface area contributed by atoms with Crippen LogP contribution < -0.4 is 5.32 Å². The molecule has 0 bridgehead atoms. The Hall–Kier alpha value is -1.26. The third-order valence-corrected chi connectivity index (χ3v) is 4.95. The highest BCUT2D eigenvalue weighted by atomic mass is 16.4. The number of aliphatic carboxylic acids is 1. The lowest BCUT2D eigenvalue weighted by molar-refractivity contribution is -0.153. The van der Waals surface area contributed by atoms with E-state index in [1.807, 2.05) is 4.90 Å². The molecule has 2 amide bonds. The third kappa shape index (κ3) is 3.07. The van der Waals surface area contributed by atoms with Crippen molar-refractivity contribution in [3.05, 3.63) is 0 Å². The van der Waals surface area contributed by atoms with Crippen molar-refractivity contribution >= 4 is 12.0 Å². The molecule has 1 saturated heterocycles. The Morgan fingerprint density at radius 2 is 2.00 bits per heavy atom. The second-order valence-electron chi connectivity index (χ2n) is 6.20. The lowest BCUT2D eigenvalue weighted by Crippen LogP contribution is -2.52. The van der Waals surface area contributed by atoms with Gasteiger partial charge in [0.25, 0.3) is 0 Å². The number of nitrogens with zero attached hydrogens (tertiary/aromatic N) is 1. The molecule has 2 N–H and O–H groups in total. The fraction of sp³-hybridized carbons (Fsp3) is 0.867. The Bertz CT molecular complexity index is 366. The van der Waals surface area contributed by atoms with Gasteiger partial charge in [0.1, 0.15) is 0 Å². The number of likely N-dealkylation sites (tertiary alicyclic amines) is 1. The van der Waals surface area contributed by atoms with E-state index in [2.05, 4.69) is 12.2 Å². The van der Waals surface area contributed by atoms with Crippen LogP contribution >= 0.6 is 0 Å². The summed E-state index contributed by atoms with van der Waals surface area (Å²) >= 11 is 0. The Morgan fingerprint density at radius 1 is 1.25 bits per heavy atom. The molecule has 1 unspecified atom stereocenters. The van der Waals surface area contributed by atoms with Gasteiger partial charge in [-0.05, 0) is 32.1 Å². The van der Waals surface area contributed by atoms with E-state index in [0.717, 1.165) is 32.2 Å². The van der Waals surface area contributed by atoms with Crippen molar-refractivity contribution in [2.45, 2.75) is 64.3 Å². The van der Waals surface area contributed by atoms with Crippen molar-refractivity contribution in [3.63, 3.8) is 0 Å². The van der Waals surface area contributed by atoms with Crippen LogP contribution in [-0.4, -0.2) is 41.1 Å². The first kappa shape index (κ1) is 15.1. The number of carbonyl (C=O) groups excluding carboxylic acids is 1. The van der Waals surface area contributed by atoms with Crippen LogP contribution in [0, 0.1) is 5.41 Å². The predicted molar refractivity (Wildman–Crippen MR) is 76.6 cm³/mol. The van der Waals surface area contributed by atoms with Gasteiger partial charge in [-0.1, -0.05) is 26.2 Å². The zero-order chi connectivity index (χ0) is 14.6. The first-order chi connectivity index (χ1) is 9.59. The highest BCUT2D eigenvalue weighted by Crippen LogP contribution is 2.40. The van der Waals surface area contributed by atoms with Crippen LogP contribution in [0.2, 0.25) is 0 Å². The molecule has 1 aliphatic heterocycles.